The third-order valence-electron chi connectivity index (χ3n) is 7.79. The van der Waals surface area contributed by atoms with E-state index >= 15 is 0 Å². The van der Waals surface area contributed by atoms with Crippen LogP contribution in [0.5, 0.6) is 11.5 Å². The van der Waals surface area contributed by atoms with Crippen molar-refractivity contribution in [2.45, 2.75) is 51.4 Å². The van der Waals surface area contributed by atoms with Crippen molar-refractivity contribution >= 4 is 22.5 Å². The van der Waals surface area contributed by atoms with Crippen LogP contribution in [0.4, 0.5) is 0 Å². The van der Waals surface area contributed by atoms with Crippen LogP contribution in [-0.4, -0.2) is 32.6 Å². The highest BCUT2D eigenvalue weighted by Crippen LogP contribution is 2.47. The number of carbonyl (C=O) groups excluding carboxylic acids is 2. The van der Waals surface area contributed by atoms with Crippen LogP contribution in [-0.2, 0) is 14.3 Å². The first-order valence-electron chi connectivity index (χ1n) is 13.6. The predicted molar refractivity (Wildman–Crippen MR) is 152 cm³/mol. The average Bonchev–Trinajstić information content (AvgIpc) is 2.95. The average molecular weight is 526 g/mol. The number of hydrogen-bond acceptors (Lipinski definition) is 6. The Morgan fingerprint density at radius 1 is 0.974 bits per heavy atom. The van der Waals surface area contributed by atoms with Crippen LogP contribution in [0.3, 0.4) is 0 Å². The van der Waals surface area contributed by atoms with E-state index in [9.17, 15) is 9.59 Å². The van der Waals surface area contributed by atoms with Crippen molar-refractivity contribution in [3.8, 4) is 11.5 Å². The van der Waals surface area contributed by atoms with Gasteiger partial charge in [0.15, 0.2) is 17.3 Å². The molecule has 1 N–H and O–H groups in total. The maximum atomic E-state index is 14.0. The van der Waals surface area contributed by atoms with E-state index in [4.69, 9.17) is 14.2 Å². The number of allylic oxidation sites excluding steroid dienone is 3. The number of ketones is 1. The Bertz CT molecular complexity index is 1480. The first-order valence-corrected chi connectivity index (χ1v) is 13.6. The number of esters is 1. The summed E-state index contributed by atoms with van der Waals surface area (Å²) >= 11 is 0. The Hall–Kier alpha value is -4.06. The SMILES string of the molecule is CCCCOC(=O)C1=C(C)NC2=C(C(=O)CC(c3ccc(OC)c(OC)c3)C2)C1c1cccc2ccccc12. The zero-order valence-electron chi connectivity index (χ0n) is 23.0. The highest BCUT2D eigenvalue weighted by Gasteiger charge is 2.42. The topological polar surface area (TPSA) is 73.9 Å². The van der Waals surface area contributed by atoms with Crippen LogP contribution in [0, 0.1) is 0 Å². The van der Waals surface area contributed by atoms with Crippen LogP contribution in [0.2, 0.25) is 0 Å². The van der Waals surface area contributed by atoms with Gasteiger partial charge in [0.05, 0.1) is 26.4 Å². The van der Waals surface area contributed by atoms with Crippen molar-refractivity contribution in [2.24, 2.45) is 0 Å². The molecule has 0 fully saturated rings. The fraction of sp³-hybridized carbons (Fsp3) is 0.333. The van der Waals surface area contributed by atoms with Gasteiger partial charge in [0, 0.05) is 29.3 Å². The Labute approximate surface area is 229 Å². The van der Waals surface area contributed by atoms with Crippen molar-refractivity contribution < 1.29 is 23.8 Å². The number of Topliss-reactive ketones (excluding diaryl/α,β-unsaturated/α-hetero) is 1. The number of nitrogens with one attached hydrogen (secondary N) is 1. The molecule has 0 saturated carbocycles. The van der Waals surface area contributed by atoms with E-state index in [1.807, 2.05) is 49.4 Å². The Balaban J connectivity index is 1.60. The van der Waals surface area contributed by atoms with E-state index in [1.54, 1.807) is 14.2 Å². The Morgan fingerprint density at radius 3 is 2.51 bits per heavy atom. The molecule has 1 aliphatic heterocycles. The van der Waals surface area contributed by atoms with E-state index in [0.29, 0.717) is 42.1 Å². The first-order chi connectivity index (χ1) is 19.0. The molecule has 6 heteroatoms. The number of benzene rings is 3. The van der Waals surface area contributed by atoms with E-state index in [0.717, 1.165) is 46.1 Å². The van der Waals surface area contributed by atoms with Gasteiger partial charge in [-0.2, -0.15) is 0 Å². The van der Waals surface area contributed by atoms with Crippen LogP contribution in [0.25, 0.3) is 10.8 Å². The molecule has 2 unspecified atom stereocenters. The van der Waals surface area contributed by atoms with Crippen molar-refractivity contribution in [2.75, 3.05) is 20.8 Å². The van der Waals surface area contributed by atoms with Gasteiger partial charge in [-0.25, -0.2) is 4.79 Å². The molecule has 6 nitrogen and oxygen atoms in total. The smallest absolute Gasteiger partial charge is 0.336 e. The summed E-state index contributed by atoms with van der Waals surface area (Å²) in [6.07, 6.45) is 2.72. The van der Waals surface area contributed by atoms with Crippen molar-refractivity contribution in [3.63, 3.8) is 0 Å². The predicted octanol–water partition coefficient (Wildman–Crippen LogP) is 6.56. The van der Waals surface area contributed by atoms with Gasteiger partial charge in [0.25, 0.3) is 0 Å². The fourth-order valence-electron chi connectivity index (χ4n) is 5.85. The molecule has 39 heavy (non-hydrogen) atoms. The van der Waals surface area contributed by atoms with E-state index < -0.39 is 5.92 Å². The standard InChI is InChI=1S/C33H35NO5/c1-5-6-16-39-33(36)30-20(2)34-26-17-23(22-14-15-28(37-3)29(19-22)38-4)18-27(35)32(26)31(30)25-13-9-11-21-10-7-8-12-24(21)25/h7-15,19,23,31,34H,5-6,16-18H2,1-4H3. The molecule has 3 aromatic carbocycles. The molecular weight excluding hydrogens is 490 g/mol. The van der Waals surface area contributed by atoms with Gasteiger partial charge in [-0.1, -0.05) is 61.9 Å². The monoisotopic (exact) mass is 525 g/mol. The largest absolute Gasteiger partial charge is 0.493 e. The highest BCUT2D eigenvalue weighted by atomic mass is 16.5. The lowest BCUT2D eigenvalue weighted by atomic mass is 9.71. The second kappa shape index (κ2) is 11.4. The van der Waals surface area contributed by atoms with E-state index in [1.165, 1.54) is 0 Å². The molecule has 1 aliphatic carbocycles. The van der Waals surface area contributed by atoms with Crippen LogP contribution < -0.4 is 14.8 Å². The number of hydrogen-bond donors (Lipinski definition) is 1. The molecule has 0 amide bonds. The second-order valence-electron chi connectivity index (χ2n) is 10.2. The van der Waals surface area contributed by atoms with Gasteiger partial charge in [0.2, 0.25) is 0 Å². The summed E-state index contributed by atoms with van der Waals surface area (Å²) in [6.45, 7) is 4.32. The maximum Gasteiger partial charge on any atom is 0.336 e. The number of carbonyl (C=O) groups is 2. The normalized spacial score (nSPS) is 19.0. The second-order valence-corrected chi connectivity index (χ2v) is 10.2. The molecule has 2 aliphatic rings. The molecule has 0 saturated heterocycles. The van der Waals surface area contributed by atoms with Gasteiger partial charge in [-0.05, 0) is 59.7 Å². The summed E-state index contributed by atoms with van der Waals surface area (Å²) in [5.41, 5.74) is 4.74. The molecular formula is C33H35NO5. The van der Waals surface area contributed by atoms with E-state index in [2.05, 4.69) is 30.4 Å². The lowest BCUT2D eigenvalue weighted by Gasteiger charge is -2.37. The highest BCUT2D eigenvalue weighted by molar-refractivity contribution is 6.05. The number of dihydropyridines is 1. The lowest BCUT2D eigenvalue weighted by molar-refractivity contribution is -0.139. The van der Waals surface area contributed by atoms with Crippen molar-refractivity contribution in [3.05, 3.63) is 94.3 Å². The molecule has 5 rings (SSSR count). The summed E-state index contributed by atoms with van der Waals surface area (Å²) in [4.78, 5) is 27.5. The minimum atomic E-state index is -0.500. The third kappa shape index (κ3) is 5.03. The Kier molecular flexibility index (Phi) is 7.73. The number of unbranched alkanes of at least 4 members (excludes halogenated alkanes) is 1. The zero-order valence-corrected chi connectivity index (χ0v) is 23.0. The molecule has 202 valence electrons. The first kappa shape index (κ1) is 26.5. The minimum Gasteiger partial charge on any atom is -0.493 e. The number of fused-ring (bicyclic) bond motifs is 1. The van der Waals surface area contributed by atoms with Crippen molar-refractivity contribution in [1.29, 1.82) is 0 Å². The molecule has 0 spiro atoms. The summed E-state index contributed by atoms with van der Waals surface area (Å²) in [7, 11) is 3.22. The number of rotatable bonds is 8. The van der Waals surface area contributed by atoms with Gasteiger partial charge in [-0.15, -0.1) is 0 Å². The summed E-state index contributed by atoms with van der Waals surface area (Å²) < 4.78 is 16.6. The van der Waals surface area contributed by atoms with Gasteiger partial charge in [-0.3, -0.25) is 4.79 Å². The van der Waals surface area contributed by atoms with Crippen LogP contribution >= 0.6 is 0 Å². The van der Waals surface area contributed by atoms with Crippen LogP contribution in [0.15, 0.2) is 83.2 Å². The third-order valence-corrected chi connectivity index (χ3v) is 7.79. The molecule has 1 heterocycles. The molecule has 3 aromatic rings. The molecule has 2 atom stereocenters. The number of methoxy groups -OCH3 is 2. The quantitative estimate of drug-likeness (QED) is 0.265. The summed E-state index contributed by atoms with van der Waals surface area (Å²) in [6, 6.07) is 20.0. The fourth-order valence-corrected chi connectivity index (χ4v) is 5.85. The van der Waals surface area contributed by atoms with E-state index in [-0.39, 0.29) is 17.7 Å². The van der Waals surface area contributed by atoms with Gasteiger partial charge >= 0.3 is 5.97 Å². The molecule has 0 bridgehead atoms. The molecule has 0 aromatic heterocycles. The Morgan fingerprint density at radius 2 is 1.74 bits per heavy atom. The van der Waals surface area contributed by atoms with Gasteiger partial charge < -0.3 is 19.5 Å². The summed E-state index contributed by atoms with van der Waals surface area (Å²) in [5, 5.41) is 5.55. The van der Waals surface area contributed by atoms with Crippen molar-refractivity contribution in [1.82, 2.24) is 5.32 Å². The van der Waals surface area contributed by atoms with Crippen LogP contribution in [0.1, 0.15) is 62.5 Å². The molecule has 0 radical (unpaired) electrons. The summed E-state index contributed by atoms with van der Waals surface area (Å²) in [5.74, 6) is 0.434. The maximum absolute atomic E-state index is 14.0. The van der Waals surface area contributed by atoms with Gasteiger partial charge in [0.1, 0.15) is 0 Å². The lowest BCUT2D eigenvalue weighted by Crippen LogP contribution is -2.36. The zero-order chi connectivity index (χ0) is 27.5. The minimum absolute atomic E-state index is 0.0254. The number of ether oxygens (including phenoxy) is 3.